The smallest absolute Gasteiger partial charge is 0.305 e. The molecule has 8 heteroatoms. The van der Waals surface area contributed by atoms with Crippen molar-refractivity contribution in [1.82, 2.24) is 19.7 Å². The van der Waals surface area contributed by atoms with E-state index in [4.69, 9.17) is 9.72 Å². The highest BCUT2D eigenvalue weighted by molar-refractivity contribution is 5.80. The second-order valence-corrected chi connectivity index (χ2v) is 8.12. The zero-order valence-electron chi connectivity index (χ0n) is 18.1. The molecule has 5 rings (SSSR count). The Hall–Kier alpha value is -3.94. The topological polar surface area (TPSA) is 102 Å². The van der Waals surface area contributed by atoms with Gasteiger partial charge in [-0.15, -0.1) is 0 Å². The van der Waals surface area contributed by atoms with E-state index in [-0.39, 0.29) is 6.42 Å². The molecule has 1 aliphatic rings. The van der Waals surface area contributed by atoms with Gasteiger partial charge in [0.15, 0.2) is 0 Å². The fraction of sp³-hybridized carbons (Fsp3) is 0.280. The molecule has 0 radical (unpaired) electrons. The average Bonchev–Trinajstić information content (AvgIpc) is 3.26. The Labute approximate surface area is 191 Å². The molecular weight excluding hydrogens is 418 g/mol. The number of benzene rings is 1. The lowest BCUT2D eigenvalue weighted by molar-refractivity contribution is -0.137. The molecule has 3 aromatic heterocycles. The standard InChI is InChI=1S/C25H25N5O3/c31-24(32)15-23(21-5-1-2-11-26-21)30-22-9-8-20(14-18(22)16-28-30)33-13-10-19-7-6-17-4-3-12-27-25(17)29-19/h1-2,5-9,11,14,16,23H,3-4,10,12-13,15H2,(H,27,29)(H,31,32). The minimum absolute atomic E-state index is 0.102. The van der Waals surface area contributed by atoms with E-state index in [9.17, 15) is 9.90 Å². The van der Waals surface area contributed by atoms with Crippen molar-refractivity contribution in [3.05, 3.63) is 77.9 Å². The summed E-state index contributed by atoms with van der Waals surface area (Å²) < 4.78 is 7.70. The molecule has 0 fully saturated rings. The second kappa shape index (κ2) is 9.28. The van der Waals surface area contributed by atoms with Gasteiger partial charge in [0.05, 0.1) is 30.4 Å². The fourth-order valence-corrected chi connectivity index (χ4v) is 4.21. The van der Waals surface area contributed by atoms with E-state index in [1.165, 1.54) is 5.56 Å². The van der Waals surface area contributed by atoms with Crippen LogP contribution in [0.2, 0.25) is 0 Å². The lowest BCUT2D eigenvalue weighted by atomic mass is 10.1. The molecule has 4 heterocycles. The summed E-state index contributed by atoms with van der Waals surface area (Å²) in [6, 6.07) is 14.9. The molecule has 0 amide bonds. The summed E-state index contributed by atoms with van der Waals surface area (Å²) in [7, 11) is 0. The number of nitrogens with zero attached hydrogens (tertiary/aromatic N) is 4. The molecule has 0 saturated carbocycles. The highest BCUT2D eigenvalue weighted by Gasteiger charge is 2.21. The Balaban J connectivity index is 1.30. The van der Waals surface area contributed by atoms with Crippen LogP contribution in [0.1, 0.15) is 35.8 Å². The van der Waals surface area contributed by atoms with Crippen LogP contribution in [0.15, 0.2) is 60.9 Å². The number of carboxylic acids is 1. The summed E-state index contributed by atoms with van der Waals surface area (Å²) in [4.78, 5) is 20.5. The van der Waals surface area contributed by atoms with E-state index in [0.717, 1.165) is 47.6 Å². The van der Waals surface area contributed by atoms with Gasteiger partial charge >= 0.3 is 5.97 Å². The van der Waals surface area contributed by atoms with Crippen LogP contribution in [0.5, 0.6) is 5.75 Å². The molecule has 0 spiro atoms. The van der Waals surface area contributed by atoms with Crippen molar-refractivity contribution in [1.29, 1.82) is 0 Å². The van der Waals surface area contributed by atoms with Crippen molar-refractivity contribution in [2.24, 2.45) is 0 Å². The number of hydrogen-bond donors (Lipinski definition) is 2. The van der Waals surface area contributed by atoms with Gasteiger partial charge in [0.1, 0.15) is 17.6 Å². The molecule has 0 aliphatic carbocycles. The van der Waals surface area contributed by atoms with E-state index in [1.807, 2.05) is 36.4 Å². The van der Waals surface area contributed by atoms with Gasteiger partial charge in [0.2, 0.25) is 0 Å². The summed E-state index contributed by atoms with van der Waals surface area (Å²) in [5, 5.41) is 18.1. The lowest BCUT2D eigenvalue weighted by Gasteiger charge is -2.17. The predicted molar refractivity (Wildman–Crippen MR) is 125 cm³/mol. The number of rotatable bonds is 8. The minimum Gasteiger partial charge on any atom is -0.493 e. The number of pyridine rings is 2. The molecule has 1 unspecified atom stereocenters. The highest BCUT2D eigenvalue weighted by atomic mass is 16.5. The number of aromatic nitrogens is 4. The summed E-state index contributed by atoms with van der Waals surface area (Å²) in [5.41, 5.74) is 3.78. The first-order chi connectivity index (χ1) is 16.2. The normalized spacial score (nSPS) is 13.8. The van der Waals surface area contributed by atoms with Crippen LogP contribution in [0.25, 0.3) is 10.9 Å². The van der Waals surface area contributed by atoms with Gasteiger partial charge in [-0.05, 0) is 54.8 Å². The van der Waals surface area contributed by atoms with Gasteiger partial charge in [-0.3, -0.25) is 14.5 Å². The Bertz CT molecular complexity index is 1270. The van der Waals surface area contributed by atoms with E-state index in [0.29, 0.717) is 18.7 Å². The van der Waals surface area contributed by atoms with E-state index < -0.39 is 12.0 Å². The molecule has 1 aromatic carbocycles. The molecular formula is C25H25N5O3. The van der Waals surface area contributed by atoms with Gasteiger partial charge in [0.25, 0.3) is 0 Å². The average molecular weight is 444 g/mol. The SMILES string of the molecule is O=C(O)CC(c1ccccn1)n1ncc2cc(OCCc3ccc4c(n3)NCCC4)ccc21. The molecule has 168 valence electrons. The van der Waals surface area contributed by atoms with Crippen LogP contribution in [-0.4, -0.2) is 44.0 Å². The third kappa shape index (κ3) is 4.64. The largest absolute Gasteiger partial charge is 0.493 e. The first-order valence-corrected chi connectivity index (χ1v) is 11.1. The van der Waals surface area contributed by atoms with Crippen molar-refractivity contribution in [3.63, 3.8) is 0 Å². The second-order valence-electron chi connectivity index (χ2n) is 8.12. The number of ether oxygens (including phenoxy) is 1. The van der Waals surface area contributed by atoms with Crippen molar-refractivity contribution < 1.29 is 14.6 Å². The number of carboxylic acid groups (broad SMARTS) is 1. The van der Waals surface area contributed by atoms with Crippen LogP contribution < -0.4 is 10.1 Å². The first-order valence-electron chi connectivity index (χ1n) is 11.1. The molecule has 2 N–H and O–H groups in total. The number of aryl methyl sites for hydroxylation is 1. The quantitative estimate of drug-likeness (QED) is 0.426. The summed E-state index contributed by atoms with van der Waals surface area (Å²) in [6.45, 7) is 1.49. The Kier molecular flexibility index (Phi) is 5.89. The van der Waals surface area contributed by atoms with Crippen molar-refractivity contribution in [2.75, 3.05) is 18.5 Å². The first kappa shape index (κ1) is 20.9. The van der Waals surface area contributed by atoms with E-state index in [2.05, 4.69) is 27.5 Å². The third-order valence-corrected chi connectivity index (χ3v) is 5.84. The number of nitrogens with one attached hydrogen (secondary N) is 1. The molecule has 8 nitrogen and oxygen atoms in total. The Morgan fingerprint density at radius 2 is 2.15 bits per heavy atom. The van der Waals surface area contributed by atoms with Gasteiger partial charge in [0, 0.05) is 30.2 Å². The van der Waals surface area contributed by atoms with E-state index in [1.54, 1.807) is 17.1 Å². The van der Waals surface area contributed by atoms with Crippen molar-refractivity contribution in [2.45, 2.75) is 31.7 Å². The minimum atomic E-state index is -0.903. The van der Waals surface area contributed by atoms with Crippen molar-refractivity contribution >= 4 is 22.7 Å². The zero-order chi connectivity index (χ0) is 22.6. The maximum atomic E-state index is 11.5. The molecule has 0 saturated heterocycles. The molecule has 33 heavy (non-hydrogen) atoms. The summed E-state index contributed by atoms with van der Waals surface area (Å²) in [5.74, 6) is 0.836. The number of anilines is 1. The molecule has 4 aromatic rings. The number of aliphatic carboxylic acids is 1. The Morgan fingerprint density at radius 3 is 3.00 bits per heavy atom. The van der Waals surface area contributed by atoms with Crippen molar-refractivity contribution in [3.8, 4) is 5.75 Å². The summed E-state index contributed by atoms with van der Waals surface area (Å²) >= 11 is 0. The Morgan fingerprint density at radius 1 is 1.21 bits per heavy atom. The van der Waals surface area contributed by atoms with E-state index >= 15 is 0 Å². The fourth-order valence-electron chi connectivity index (χ4n) is 4.21. The van der Waals surface area contributed by atoms with Crippen LogP contribution in [0, 0.1) is 0 Å². The number of carbonyl (C=O) groups is 1. The van der Waals surface area contributed by atoms with Crippen LogP contribution in [-0.2, 0) is 17.6 Å². The predicted octanol–water partition coefficient (Wildman–Crippen LogP) is 3.87. The van der Waals surface area contributed by atoms with Gasteiger partial charge < -0.3 is 15.2 Å². The zero-order valence-corrected chi connectivity index (χ0v) is 18.1. The molecule has 1 aliphatic heterocycles. The summed E-state index contributed by atoms with van der Waals surface area (Å²) in [6.07, 6.45) is 6.23. The van der Waals surface area contributed by atoms with Crippen LogP contribution in [0.4, 0.5) is 5.82 Å². The van der Waals surface area contributed by atoms with Crippen LogP contribution >= 0.6 is 0 Å². The number of hydrogen-bond acceptors (Lipinski definition) is 6. The van der Waals surface area contributed by atoms with Gasteiger partial charge in [-0.1, -0.05) is 12.1 Å². The molecule has 1 atom stereocenters. The third-order valence-electron chi connectivity index (χ3n) is 5.84. The lowest BCUT2D eigenvalue weighted by Crippen LogP contribution is -2.17. The maximum absolute atomic E-state index is 11.5. The van der Waals surface area contributed by atoms with Gasteiger partial charge in [-0.25, -0.2) is 4.98 Å². The van der Waals surface area contributed by atoms with Crippen LogP contribution in [0.3, 0.4) is 0 Å². The number of fused-ring (bicyclic) bond motifs is 2. The highest BCUT2D eigenvalue weighted by Crippen LogP contribution is 2.27. The maximum Gasteiger partial charge on any atom is 0.305 e. The monoisotopic (exact) mass is 443 g/mol. The van der Waals surface area contributed by atoms with Gasteiger partial charge in [-0.2, -0.15) is 5.10 Å². The molecule has 0 bridgehead atoms.